The van der Waals surface area contributed by atoms with Gasteiger partial charge in [-0.2, -0.15) is 0 Å². The molecule has 110 valence electrons. The highest BCUT2D eigenvalue weighted by Gasteiger charge is 2.21. The summed E-state index contributed by atoms with van der Waals surface area (Å²) in [7, 11) is 0. The van der Waals surface area contributed by atoms with E-state index in [0.717, 1.165) is 11.2 Å². The summed E-state index contributed by atoms with van der Waals surface area (Å²) in [5.41, 5.74) is 4.83. The maximum absolute atomic E-state index is 6.25. The number of furan rings is 1. The standard InChI is InChI=1S/C20H24O/c1-19(2,3)13-10-11-14-15-8-7-9-16(20(4,5)6)18(15)21-17(14)12-13/h7-12H,1-6H3. The van der Waals surface area contributed by atoms with Crippen molar-refractivity contribution in [3.05, 3.63) is 47.5 Å². The van der Waals surface area contributed by atoms with Crippen LogP contribution in [0.1, 0.15) is 52.7 Å². The number of fused-ring (bicyclic) bond motifs is 3. The minimum atomic E-state index is 0.0836. The Bertz CT molecular complexity index is 807. The lowest BCUT2D eigenvalue weighted by Gasteiger charge is -2.18. The van der Waals surface area contributed by atoms with Crippen LogP contribution in [0.3, 0.4) is 0 Å². The molecule has 0 spiro atoms. The minimum Gasteiger partial charge on any atom is -0.456 e. The molecule has 0 aliphatic rings. The fraction of sp³-hybridized carbons (Fsp3) is 0.400. The summed E-state index contributed by atoms with van der Waals surface area (Å²) in [5, 5.41) is 2.43. The first kappa shape index (κ1) is 14.2. The van der Waals surface area contributed by atoms with Crippen LogP contribution in [-0.2, 0) is 10.8 Å². The van der Waals surface area contributed by atoms with Gasteiger partial charge in [0.2, 0.25) is 0 Å². The zero-order valence-corrected chi connectivity index (χ0v) is 13.9. The SMILES string of the molecule is CC(C)(C)c1ccc2c(c1)oc1c(C(C)(C)C)cccc12. The van der Waals surface area contributed by atoms with Gasteiger partial charge in [-0.1, -0.05) is 71.9 Å². The molecule has 0 aliphatic carbocycles. The van der Waals surface area contributed by atoms with E-state index in [9.17, 15) is 0 Å². The van der Waals surface area contributed by atoms with Crippen LogP contribution in [0.4, 0.5) is 0 Å². The van der Waals surface area contributed by atoms with Crippen molar-refractivity contribution < 1.29 is 4.42 Å². The van der Waals surface area contributed by atoms with Gasteiger partial charge in [-0.05, 0) is 22.5 Å². The van der Waals surface area contributed by atoms with Crippen molar-refractivity contribution in [2.24, 2.45) is 0 Å². The van der Waals surface area contributed by atoms with Crippen molar-refractivity contribution in [2.75, 3.05) is 0 Å². The molecular weight excluding hydrogens is 256 g/mol. The van der Waals surface area contributed by atoms with Crippen molar-refractivity contribution in [1.29, 1.82) is 0 Å². The molecule has 2 aromatic carbocycles. The number of hydrogen-bond acceptors (Lipinski definition) is 1. The highest BCUT2D eigenvalue weighted by atomic mass is 16.3. The Hall–Kier alpha value is -1.76. The van der Waals surface area contributed by atoms with E-state index in [0.29, 0.717) is 0 Å². The van der Waals surface area contributed by atoms with E-state index < -0.39 is 0 Å². The van der Waals surface area contributed by atoms with Crippen LogP contribution in [0.2, 0.25) is 0 Å². The van der Waals surface area contributed by atoms with Gasteiger partial charge in [0.1, 0.15) is 11.2 Å². The van der Waals surface area contributed by atoms with Gasteiger partial charge in [0.15, 0.2) is 0 Å². The summed E-state index contributed by atoms with van der Waals surface area (Å²) in [6.45, 7) is 13.4. The molecule has 0 radical (unpaired) electrons. The fourth-order valence-electron chi connectivity index (χ4n) is 2.86. The van der Waals surface area contributed by atoms with E-state index in [4.69, 9.17) is 4.42 Å². The lowest BCUT2D eigenvalue weighted by molar-refractivity contribution is 0.570. The van der Waals surface area contributed by atoms with Crippen LogP contribution in [0, 0.1) is 0 Å². The molecule has 0 saturated heterocycles. The Kier molecular flexibility index (Phi) is 2.95. The molecule has 0 unspecified atom stereocenters. The molecule has 1 heteroatoms. The third-order valence-electron chi connectivity index (χ3n) is 4.17. The maximum atomic E-state index is 6.25. The second kappa shape index (κ2) is 4.37. The number of hydrogen-bond donors (Lipinski definition) is 0. The van der Waals surface area contributed by atoms with Gasteiger partial charge in [0.25, 0.3) is 0 Å². The molecule has 1 heterocycles. The average molecular weight is 280 g/mol. The van der Waals surface area contributed by atoms with Gasteiger partial charge in [-0.25, -0.2) is 0 Å². The van der Waals surface area contributed by atoms with Crippen LogP contribution in [0.5, 0.6) is 0 Å². The second-order valence-corrected chi connectivity index (χ2v) is 8.00. The number of benzene rings is 2. The Labute approximate surface area is 127 Å². The topological polar surface area (TPSA) is 13.1 Å². The van der Waals surface area contributed by atoms with Gasteiger partial charge >= 0.3 is 0 Å². The smallest absolute Gasteiger partial charge is 0.139 e. The maximum Gasteiger partial charge on any atom is 0.139 e. The van der Waals surface area contributed by atoms with Crippen LogP contribution in [0.15, 0.2) is 40.8 Å². The molecule has 0 bridgehead atoms. The zero-order valence-electron chi connectivity index (χ0n) is 13.9. The van der Waals surface area contributed by atoms with E-state index in [-0.39, 0.29) is 10.8 Å². The van der Waals surface area contributed by atoms with Gasteiger partial charge in [0, 0.05) is 16.3 Å². The van der Waals surface area contributed by atoms with Crippen LogP contribution >= 0.6 is 0 Å². The summed E-state index contributed by atoms with van der Waals surface area (Å²) in [6, 6.07) is 13.1. The molecule has 0 atom stereocenters. The molecule has 0 saturated carbocycles. The summed E-state index contributed by atoms with van der Waals surface area (Å²) < 4.78 is 6.25. The normalized spacial score (nSPS) is 13.2. The van der Waals surface area contributed by atoms with E-state index >= 15 is 0 Å². The Morgan fingerprint density at radius 2 is 1.48 bits per heavy atom. The quantitative estimate of drug-likeness (QED) is 0.479. The summed E-state index contributed by atoms with van der Waals surface area (Å²) in [6.07, 6.45) is 0. The predicted molar refractivity (Wildman–Crippen MR) is 91.1 cm³/mol. The summed E-state index contributed by atoms with van der Waals surface area (Å²) in [5.74, 6) is 0. The lowest BCUT2D eigenvalue weighted by Crippen LogP contribution is -2.10. The predicted octanol–water partition coefficient (Wildman–Crippen LogP) is 6.18. The molecule has 0 N–H and O–H groups in total. The highest BCUT2D eigenvalue weighted by molar-refractivity contribution is 6.06. The van der Waals surface area contributed by atoms with Crippen molar-refractivity contribution in [3.8, 4) is 0 Å². The van der Waals surface area contributed by atoms with Crippen molar-refractivity contribution in [3.63, 3.8) is 0 Å². The first-order valence-electron chi connectivity index (χ1n) is 7.64. The number of rotatable bonds is 0. The minimum absolute atomic E-state index is 0.0836. The third-order valence-corrected chi connectivity index (χ3v) is 4.17. The Balaban J connectivity index is 2.35. The Morgan fingerprint density at radius 3 is 2.10 bits per heavy atom. The molecule has 0 amide bonds. The van der Waals surface area contributed by atoms with E-state index in [1.807, 2.05) is 0 Å². The van der Waals surface area contributed by atoms with E-state index in [1.165, 1.54) is 21.9 Å². The van der Waals surface area contributed by atoms with Crippen LogP contribution in [0.25, 0.3) is 21.9 Å². The third kappa shape index (κ3) is 2.35. The van der Waals surface area contributed by atoms with Gasteiger partial charge < -0.3 is 4.42 Å². The second-order valence-electron chi connectivity index (χ2n) is 8.00. The lowest BCUT2D eigenvalue weighted by atomic mass is 9.85. The molecular formula is C20H24O. The van der Waals surface area contributed by atoms with Gasteiger partial charge in [0.05, 0.1) is 0 Å². The first-order chi connectivity index (χ1) is 9.68. The van der Waals surface area contributed by atoms with E-state index in [2.05, 4.69) is 77.9 Å². The van der Waals surface area contributed by atoms with Crippen molar-refractivity contribution in [2.45, 2.75) is 52.4 Å². The van der Waals surface area contributed by atoms with Gasteiger partial charge in [-0.15, -0.1) is 0 Å². The molecule has 0 fully saturated rings. The largest absolute Gasteiger partial charge is 0.456 e. The first-order valence-corrected chi connectivity index (χ1v) is 7.64. The monoisotopic (exact) mass is 280 g/mol. The van der Waals surface area contributed by atoms with Crippen LogP contribution < -0.4 is 0 Å². The highest BCUT2D eigenvalue weighted by Crippen LogP contribution is 2.37. The van der Waals surface area contributed by atoms with E-state index in [1.54, 1.807) is 0 Å². The molecule has 3 aromatic rings. The summed E-state index contributed by atoms with van der Waals surface area (Å²) >= 11 is 0. The molecule has 1 aromatic heterocycles. The van der Waals surface area contributed by atoms with Crippen molar-refractivity contribution >= 4 is 21.9 Å². The fourth-order valence-corrected chi connectivity index (χ4v) is 2.86. The van der Waals surface area contributed by atoms with Crippen LogP contribution in [-0.4, -0.2) is 0 Å². The molecule has 1 nitrogen and oxygen atoms in total. The Morgan fingerprint density at radius 1 is 0.762 bits per heavy atom. The average Bonchev–Trinajstić information content (AvgIpc) is 2.73. The molecule has 3 rings (SSSR count). The van der Waals surface area contributed by atoms with Crippen molar-refractivity contribution in [1.82, 2.24) is 0 Å². The molecule has 0 aliphatic heterocycles. The number of para-hydroxylation sites is 1. The summed E-state index contributed by atoms with van der Waals surface area (Å²) in [4.78, 5) is 0. The van der Waals surface area contributed by atoms with Gasteiger partial charge in [-0.3, -0.25) is 0 Å². The zero-order chi connectivity index (χ0) is 15.4. The molecule has 21 heavy (non-hydrogen) atoms.